The second-order valence-corrected chi connectivity index (χ2v) is 10.5. The molecule has 2 aromatic carbocycles. The monoisotopic (exact) mass is 482 g/mol. The molecule has 0 radical (unpaired) electrons. The number of nitro groups is 2. The standard InChI is InChI=1S/C20H26N2O10Si/c1-27-17-7-13(15(21(23)24)9-19(17)29-3)11-31-33(5,6)32-12-14-8-18(28-2)20(30-4)10-16(14)22(25)26/h7-10H,11-12H2,1-6H3. The first-order valence-corrected chi connectivity index (χ1v) is 12.4. The molecule has 12 nitrogen and oxygen atoms in total. The van der Waals surface area contributed by atoms with Gasteiger partial charge in [0.15, 0.2) is 23.0 Å². The molecule has 0 N–H and O–H groups in total. The van der Waals surface area contributed by atoms with Crippen LogP contribution < -0.4 is 18.9 Å². The van der Waals surface area contributed by atoms with E-state index in [4.69, 9.17) is 27.8 Å². The summed E-state index contributed by atoms with van der Waals surface area (Å²) in [6.45, 7) is 3.21. The van der Waals surface area contributed by atoms with Gasteiger partial charge in [-0.1, -0.05) is 0 Å². The molecule has 0 saturated heterocycles. The van der Waals surface area contributed by atoms with E-state index < -0.39 is 18.4 Å². The van der Waals surface area contributed by atoms with Crippen molar-refractivity contribution in [3.8, 4) is 23.0 Å². The summed E-state index contributed by atoms with van der Waals surface area (Å²) in [4.78, 5) is 21.9. The van der Waals surface area contributed by atoms with Crippen LogP contribution in [0, 0.1) is 20.2 Å². The average molecular weight is 483 g/mol. The second kappa shape index (κ2) is 10.9. The van der Waals surface area contributed by atoms with Crippen LogP contribution in [0.3, 0.4) is 0 Å². The lowest BCUT2D eigenvalue weighted by Gasteiger charge is -2.23. The molecule has 2 aromatic rings. The molecule has 0 bridgehead atoms. The predicted octanol–water partition coefficient (Wildman–Crippen LogP) is 3.97. The maximum Gasteiger partial charge on any atom is 0.332 e. The van der Waals surface area contributed by atoms with Gasteiger partial charge in [-0.25, -0.2) is 0 Å². The molecular formula is C20H26N2O10Si. The van der Waals surface area contributed by atoms with Crippen LogP contribution in [0.1, 0.15) is 11.1 Å². The van der Waals surface area contributed by atoms with Crippen molar-refractivity contribution < 1.29 is 37.6 Å². The summed E-state index contributed by atoms with van der Waals surface area (Å²) >= 11 is 0. The van der Waals surface area contributed by atoms with Gasteiger partial charge in [-0.15, -0.1) is 0 Å². The summed E-state index contributed by atoms with van der Waals surface area (Å²) in [5, 5.41) is 23.0. The largest absolute Gasteiger partial charge is 0.493 e. The number of rotatable bonds is 12. The van der Waals surface area contributed by atoms with Crippen molar-refractivity contribution in [2.45, 2.75) is 26.3 Å². The van der Waals surface area contributed by atoms with Crippen LogP contribution in [-0.2, 0) is 22.1 Å². The zero-order valence-electron chi connectivity index (χ0n) is 19.2. The predicted molar refractivity (Wildman–Crippen MR) is 119 cm³/mol. The molecule has 0 aliphatic carbocycles. The van der Waals surface area contributed by atoms with Crippen molar-refractivity contribution in [3.63, 3.8) is 0 Å². The molecule has 0 saturated carbocycles. The minimum absolute atomic E-state index is 0.121. The van der Waals surface area contributed by atoms with Crippen molar-refractivity contribution in [3.05, 3.63) is 55.6 Å². The summed E-state index contributed by atoms with van der Waals surface area (Å²) in [6, 6.07) is 5.47. The van der Waals surface area contributed by atoms with E-state index in [9.17, 15) is 20.2 Å². The van der Waals surface area contributed by atoms with Gasteiger partial charge in [0.1, 0.15) is 0 Å². The van der Waals surface area contributed by atoms with Crippen LogP contribution in [0.4, 0.5) is 11.4 Å². The fraction of sp³-hybridized carbons (Fsp3) is 0.400. The summed E-state index contributed by atoms with van der Waals surface area (Å²) in [5.41, 5.74) is 0.179. The Labute approximate surface area is 191 Å². The number of benzene rings is 2. The van der Waals surface area contributed by atoms with E-state index in [1.54, 1.807) is 13.1 Å². The molecular weight excluding hydrogens is 456 g/mol. The summed E-state index contributed by atoms with van der Waals surface area (Å²) in [7, 11) is 2.74. The zero-order valence-corrected chi connectivity index (χ0v) is 20.2. The van der Waals surface area contributed by atoms with Crippen molar-refractivity contribution in [1.82, 2.24) is 0 Å². The molecule has 0 amide bonds. The molecule has 0 spiro atoms. The lowest BCUT2D eigenvalue weighted by Crippen LogP contribution is -2.34. The van der Waals surface area contributed by atoms with Gasteiger partial charge in [-0.3, -0.25) is 20.2 Å². The maximum atomic E-state index is 11.5. The molecule has 0 aromatic heterocycles. The van der Waals surface area contributed by atoms with Crippen molar-refractivity contribution in [1.29, 1.82) is 0 Å². The fourth-order valence-electron chi connectivity index (χ4n) is 2.94. The lowest BCUT2D eigenvalue weighted by atomic mass is 10.1. The topological polar surface area (TPSA) is 142 Å². The molecule has 0 aliphatic heterocycles. The van der Waals surface area contributed by atoms with Crippen LogP contribution in [0.2, 0.25) is 13.1 Å². The van der Waals surface area contributed by atoms with Crippen LogP contribution in [-0.4, -0.2) is 46.8 Å². The normalized spacial score (nSPS) is 11.1. The van der Waals surface area contributed by atoms with Crippen LogP contribution >= 0.6 is 0 Å². The molecule has 13 heteroatoms. The highest BCUT2D eigenvalue weighted by atomic mass is 28.4. The van der Waals surface area contributed by atoms with E-state index in [0.29, 0.717) is 11.5 Å². The van der Waals surface area contributed by atoms with Crippen molar-refractivity contribution in [2.24, 2.45) is 0 Å². The van der Waals surface area contributed by atoms with Gasteiger partial charge in [0.25, 0.3) is 11.4 Å². The van der Waals surface area contributed by atoms with E-state index in [2.05, 4.69) is 0 Å². The molecule has 0 fully saturated rings. The fourth-order valence-corrected chi connectivity index (χ4v) is 4.03. The second-order valence-electron chi connectivity index (χ2n) is 7.16. The van der Waals surface area contributed by atoms with Gasteiger partial charge in [0, 0.05) is 0 Å². The number of methoxy groups -OCH3 is 4. The molecule has 2 rings (SSSR count). The van der Waals surface area contributed by atoms with Gasteiger partial charge < -0.3 is 27.8 Å². The van der Waals surface area contributed by atoms with Crippen LogP contribution in [0.15, 0.2) is 24.3 Å². The Morgan fingerprint density at radius 3 is 1.24 bits per heavy atom. The highest BCUT2D eigenvalue weighted by Crippen LogP contribution is 2.36. The average Bonchev–Trinajstić information content (AvgIpc) is 2.79. The molecule has 180 valence electrons. The third-order valence-corrected chi connectivity index (χ3v) is 6.39. The molecule has 0 aliphatic rings. The number of nitro benzene ring substituents is 2. The van der Waals surface area contributed by atoms with Crippen LogP contribution in [0.25, 0.3) is 0 Å². The number of hydrogen-bond donors (Lipinski definition) is 0. The van der Waals surface area contributed by atoms with Gasteiger partial charge in [0.05, 0.1) is 74.8 Å². The Kier molecular flexibility index (Phi) is 8.56. The number of ether oxygens (including phenoxy) is 4. The summed E-state index contributed by atoms with van der Waals surface area (Å²) in [5.74, 6) is 1.09. The summed E-state index contributed by atoms with van der Waals surface area (Å²) < 4.78 is 32.5. The smallest absolute Gasteiger partial charge is 0.332 e. The van der Waals surface area contributed by atoms with E-state index in [0.717, 1.165) is 0 Å². The third kappa shape index (κ3) is 6.31. The Balaban J connectivity index is 2.22. The van der Waals surface area contributed by atoms with Gasteiger partial charge in [0.2, 0.25) is 0 Å². The van der Waals surface area contributed by atoms with E-state index in [-0.39, 0.29) is 47.2 Å². The molecule has 0 unspecified atom stereocenters. The Hall–Kier alpha value is -3.42. The molecule has 0 atom stereocenters. The minimum Gasteiger partial charge on any atom is -0.493 e. The highest BCUT2D eigenvalue weighted by molar-refractivity contribution is 6.64. The Morgan fingerprint density at radius 2 is 0.970 bits per heavy atom. The SMILES string of the molecule is COc1cc(CO[Si](C)(C)OCc2cc(OC)c(OC)cc2[N+](=O)[O-])c([N+](=O)[O-])cc1OC. The first kappa shape index (κ1) is 25.8. The van der Waals surface area contributed by atoms with E-state index in [1.165, 1.54) is 52.7 Å². The summed E-state index contributed by atoms with van der Waals surface area (Å²) in [6.07, 6.45) is 0. The van der Waals surface area contributed by atoms with Gasteiger partial charge in [-0.05, 0) is 25.2 Å². The molecule has 0 heterocycles. The lowest BCUT2D eigenvalue weighted by molar-refractivity contribution is -0.386. The Bertz CT molecular complexity index is 949. The molecule has 33 heavy (non-hydrogen) atoms. The minimum atomic E-state index is -2.87. The van der Waals surface area contributed by atoms with E-state index in [1.807, 2.05) is 0 Å². The first-order chi connectivity index (χ1) is 15.6. The maximum absolute atomic E-state index is 11.5. The highest BCUT2D eigenvalue weighted by Gasteiger charge is 2.29. The van der Waals surface area contributed by atoms with Crippen LogP contribution in [0.5, 0.6) is 23.0 Å². The van der Waals surface area contributed by atoms with E-state index >= 15 is 0 Å². The zero-order chi connectivity index (χ0) is 24.8. The van der Waals surface area contributed by atoms with Crippen molar-refractivity contribution >= 4 is 19.9 Å². The number of nitrogens with zero attached hydrogens (tertiary/aromatic N) is 2. The number of hydrogen-bond acceptors (Lipinski definition) is 10. The quantitative estimate of drug-likeness (QED) is 0.248. The first-order valence-electron chi connectivity index (χ1n) is 9.63. The van der Waals surface area contributed by atoms with Gasteiger partial charge >= 0.3 is 8.56 Å². The third-order valence-electron chi connectivity index (χ3n) is 4.71. The Morgan fingerprint density at radius 1 is 0.667 bits per heavy atom. The van der Waals surface area contributed by atoms with Crippen molar-refractivity contribution in [2.75, 3.05) is 28.4 Å². The van der Waals surface area contributed by atoms with Gasteiger partial charge in [-0.2, -0.15) is 0 Å².